The van der Waals surface area contributed by atoms with E-state index in [1.54, 1.807) is 18.0 Å². The van der Waals surface area contributed by atoms with Crippen LogP contribution < -0.4 is 21.0 Å². The van der Waals surface area contributed by atoms with Crippen LogP contribution in [0.2, 0.25) is 0 Å². The van der Waals surface area contributed by atoms with Crippen molar-refractivity contribution in [2.24, 2.45) is 0 Å². The van der Waals surface area contributed by atoms with E-state index in [-0.39, 0.29) is 22.7 Å². The molecule has 0 bridgehead atoms. The highest BCUT2D eigenvalue weighted by molar-refractivity contribution is 7.17. The molecule has 176 valence electrons. The second-order valence-corrected chi connectivity index (χ2v) is 8.09. The van der Waals surface area contributed by atoms with E-state index in [9.17, 15) is 9.59 Å². The quantitative estimate of drug-likeness (QED) is 0.369. The number of anilines is 2. The molecule has 0 radical (unpaired) electrons. The third-order valence-electron chi connectivity index (χ3n) is 4.85. The van der Waals surface area contributed by atoms with Crippen LogP contribution in [0.4, 0.5) is 10.8 Å². The summed E-state index contributed by atoms with van der Waals surface area (Å²) in [6.45, 7) is 2.19. The molecule has 1 atom stereocenters. The van der Waals surface area contributed by atoms with Crippen molar-refractivity contribution in [2.45, 2.75) is 13.0 Å². The van der Waals surface area contributed by atoms with Crippen LogP contribution in [0, 0.1) is 6.92 Å². The minimum absolute atomic E-state index is 0.0547. The van der Waals surface area contributed by atoms with Gasteiger partial charge in [0, 0.05) is 25.1 Å². The SMILES string of the molecule is COC[C@@H](Nc1cc(C(=O)Nc2nnc(-n3nccc3C)s2)oc(=O)c1OC)c1ccccc1. The molecular weight excluding hydrogens is 460 g/mol. The molecule has 0 unspecified atom stereocenters. The maximum Gasteiger partial charge on any atom is 0.381 e. The van der Waals surface area contributed by atoms with Gasteiger partial charge in [-0.3, -0.25) is 10.1 Å². The molecule has 4 rings (SSSR count). The molecule has 34 heavy (non-hydrogen) atoms. The van der Waals surface area contributed by atoms with E-state index >= 15 is 0 Å². The molecule has 2 N–H and O–H groups in total. The second kappa shape index (κ2) is 10.3. The van der Waals surface area contributed by atoms with Gasteiger partial charge in [-0.1, -0.05) is 41.7 Å². The Bertz CT molecular complexity index is 1330. The summed E-state index contributed by atoms with van der Waals surface area (Å²) >= 11 is 1.13. The predicted molar refractivity (Wildman–Crippen MR) is 126 cm³/mol. The van der Waals surface area contributed by atoms with Crippen molar-refractivity contribution >= 4 is 28.1 Å². The number of hydrogen-bond donors (Lipinski definition) is 2. The van der Waals surface area contributed by atoms with E-state index < -0.39 is 11.5 Å². The first-order valence-electron chi connectivity index (χ1n) is 10.2. The van der Waals surface area contributed by atoms with Gasteiger partial charge >= 0.3 is 5.63 Å². The zero-order chi connectivity index (χ0) is 24.1. The molecular formula is C22H22N6O5S. The van der Waals surface area contributed by atoms with Crippen molar-refractivity contribution < 1.29 is 18.7 Å². The summed E-state index contributed by atoms with van der Waals surface area (Å²) < 4.78 is 17.3. The predicted octanol–water partition coefficient (Wildman–Crippen LogP) is 3.05. The molecule has 3 heterocycles. The van der Waals surface area contributed by atoms with E-state index in [0.717, 1.165) is 22.6 Å². The van der Waals surface area contributed by atoms with Gasteiger partial charge in [-0.2, -0.15) is 5.10 Å². The number of aromatic nitrogens is 4. The lowest BCUT2D eigenvalue weighted by atomic mass is 10.1. The minimum Gasteiger partial charge on any atom is -0.488 e. The van der Waals surface area contributed by atoms with E-state index in [0.29, 0.717) is 17.4 Å². The number of carbonyl (C=O) groups is 1. The van der Waals surface area contributed by atoms with E-state index in [1.807, 2.05) is 43.3 Å². The minimum atomic E-state index is -0.799. The number of methoxy groups -OCH3 is 2. The number of rotatable bonds is 9. The summed E-state index contributed by atoms with van der Waals surface area (Å²) in [4.78, 5) is 25.4. The van der Waals surface area contributed by atoms with Crippen molar-refractivity contribution in [3.8, 4) is 10.9 Å². The van der Waals surface area contributed by atoms with Gasteiger partial charge < -0.3 is 19.2 Å². The van der Waals surface area contributed by atoms with Crippen molar-refractivity contribution in [1.82, 2.24) is 20.0 Å². The Kier molecular flexibility index (Phi) is 6.99. The molecule has 0 aliphatic rings. The van der Waals surface area contributed by atoms with Crippen LogP contribution in [-0.2, 0) is 4.74 Å². The largest absolute Gasteiger partial charge is 0.488 e. The number of aryl methyl sites for hydroxylation is 1. The average Bonchev–Trinajstić information content (AvgIpc) is 3.47. The highest BCUT2D eigenvalue weighted by atomic mass is 32.1. The van der Waals surface area contributed by atoms with E-state index in [4.69, 9.17) is 13.9 Å². The zero-order valence-electron chi connectivity index (χ0n) is 18.6. The van der Waals surface area contributed by atoms with Gasteiger partial charge in [-0.15, -0.1) is 10.2 Å². The van der Waals surface area contributed by atoms with Gasteiger partial charge in [0.15, 0.2) is 5.76 Å². The molecule has 0 spiro atoms. The van der Waals surface area contributed by atoms with Gasteiger partial charge in [0.1, 0.15) is 0 Å². The zero-order valence-corrected chi connectivity index (χ0v) is 19.5. The highest BCUT2D eigenvalue weighted by Gasteiger charge is 2.21. The molecule has 0 aliphatic heterocycles. The fraction of sp³-hybridized carbons (Fsp3) is 0.227. The lowest BCUT2D eigenvalue weighted by Crippen LogP contribution is -2.21. The van der Waals surface area contributed by atoms with Gasteiger partial charge in [0.05, 0.1) is 25.4 Å². The summed E-state index contributed by atoms with van der Waals surface area (Å²) in [6.07, 6.45) is 1.64. The molecule has 0 saturated carbocycles. The normalized spacial score (nSPS) is 11.7. The molecule has 12 heteroatoms. The van der Waals surface area contributed by atoms with E-state index in [1.165, 1.54) is 13.2 Å². The van der Waals surface area contributed by atoms with Crippen molar-refractivity contribution in [3.63, 3.8) is 0 Å². The Morgan fingerprint density at radius 2 is 2.00 bits per heavy atom. The summed E-state index contributed by atoms with van der Waals surface area (Å²) in [5.41, 5.74) is 1.29. The third-order valence-corrected chi connectivity index (χ3v) is 5.66. The lowest BCUT2D eigenvalue weighted by molar-refractivity contribution is 0.0991. The van der Waals surface area contributed by atoms with Crippen molar-refractivity contribution in [3.05, 3.63) is 76.1 Å². The topological polar surface area (TPSA) is 133 Å². The number of nitrogens with zero attached hydrogens (tertiary/aromatic N) is 4. The van der Waals surface area contributed by atoms with Crippen LogP contribution >= 0.6 is 11.3 Å². The van der Waals surface area contributed by atoms with Crippen LogP contribution in [-0.4, -0.2) is 46.7 Å². The highest BCUT2D eigenvalue weighted by Crippen LogP contribution is 2.28. The molecule has 0 saturated heterocycles. The first-order valence-corrected chi connectivity index (χ1v) is 11.0. The number of carbonyl (C=O) groups excluding carboxylic acids is 1. The van der Waals surface area contributed by atoms with Crippen LogP contribution in [0.25, 0.3) is 5.13 Å². The van der Waals surface area contributed by atoms with Gasteiger partial charge in [0.2, 0.25) is 16.0 Å². The fourth-order valence-electron chi connectivity index (χ4n) is 3.24. The second-order valence-electron chi connectivity index (χ2n) is 7.14. The molecule has 1 aromatic carbocycles. The Morgan fingerprint density at radius 3 is 2.68 bits per heavy atom. The van der Waals surface area contributed by atoms with Crippen molar-refractivity contribution in [1.29, 1.82) is 0 Å². The van der Waals surface area contributed by atoms with Gasteiger partial charge in [-0.05, 0) is 18.6 Å². The number of benzene rings is 1. The first-order chi connectivity index (χ1) is 16.5. The Labute approximate surface area is 198 Å². The smallest absolute Gasteiger partial charge is 0.381 e. The van der Waals surface area contributed by atoms with Crippen LogP contribution in [0.1, 0.15) is 27.9 Å². The molecule has 1 amide bonds. The maximum absolute atomic E-state index is 12.8. The van der Waals surface area contributed by atoms with Gasteiger partial charge in [0.25, 0.3) is 5.91 Å². The lowest BCUT2D eigenvalue weighted by Gasteiger charge is -2.21. The first kappa shape index (κ1) is 23.1. The van der Waals surface area contributed by atoms with Crippen LogP contribution in [0.5, 0.6) is 5.75 Å². The summed E-state index contributed by atoms with van der Waals surface area (Å²) in [5.74, 6) is -0.934. The number of ether oxygens (including phenoxy) is 2. The molecule has 3 aromatic heterocycles. The van der Waals surface area contributed by atoms with E-state index in [2.05, 4.69) is 25.9 Å². The average molecular weight is 483 g/mol. The molecule has 11 nitrogen and oxygen atoms in total. The maximum atomic E-state index is 12.8. The van der Waals surface area contributed by atoms with Crippen LogP contribution in [0.3, 0.4) is 0 Å². The summed E-state index contributed by atoms with van der Waals surface area (Å²) in [6, 6.07) is 12.5. The van der Waals surface area contributed by atoms with Crippen LogP contribution in [0.15, 0.2) is 57.9 Å². The Balaban J connectivity index is 1.59. The monoisotopic (exact) mass is 482 g/mol. The molecule has 4 aromatic rings. The summed E-state index contributed by atoms with van der Waals surface area (Å²) in [7, 11) is 2.93. The standard InChI is InChI=1S/C22H22N6O5S/c1-13-9-10-23-28(13)22-27-26-21(34-22)25-19(29)17-11-15(18(32-3)20(30)33-17)24-16(12-31-2)14-7-5-4-6-8-14/h4-11,16,24H,12H2,1-3H3,(H,25,26,29)/t16-/m1/s1. The third kappa shape index (κ3) is 4.97. The Hall–Kier alpha value is -4.03. The molecule has 0 aliphatic carbocycles. The Morgan fingerprint density at radius 1 is 1.21 bits per heavy atom. The van der Waals surface area contributed by atoms with Gasteiger partial charge in [-0.25, -0.2) is 9.48 Å². The number of amides is 1. The number of nitrogens with one attached hydrogen (secondary N) is 2. The fourth-order valence-corrected chi connectivity index (χ4v) is 3.99. The van der Waals surface area contributed by atoms with Crippen molar-refractivity contribution in [2.75, 3.05) is 31.5 Å². The molecule has 0 fully saturated rings. The number of hydrogen-bond acceptors (Lipinski definition) is 10. The summed E-state index contributed by atoms with van der Waals surface area (Å²) in [5, 5.41) is 18.7.